The Bertz CT molecular complexity index is 355. The van der Waals surface area contributed by atoms with Crippen molar-refractivity contribution in [2.75, 3.05) is 0 Å². The minimum Gasteiger partial charge on any atom is -0.523 e. The van der Waals surface area contributed by atoms with Gasteiger partial charge in [0.25, 0.3) is 0 Å². The zero-order chi connectivity index (χ0) is 11.0. The second-order valence-corrected chi connectivity index (χ2v) is 4.85. The van der Waals surface area contributed by atoms with E-state index in [0.29, 0.717) is 5.82 Å². The number of benzene rings is 1. The zero-order valence-electron chi connectivity index (χ0n) is 9.69. The van der Waals surface area contributed by atoms with Gasteiger partial charge in [0.1, 0.15) is 11.5 Å². The van der Waals surface area contributed by atoms with Gasteiger partial charge in [0, 0.05) is 5.82 Å². The van der Waals surface area contributed by atoms with Crippen molar-refractivity contribution in [3.05, 3.63) is 24.3 Å². The van der Waals surface area contributed by atoms with Crippen LogP contribution in [0.1, 0.15) is 32.6 Å². The van der Waals surface area contributed by atoms with Crippen LogP contribution in [-0.4, -0.2) is 7.12 Å². The van der Waals surface area contributed by atoms with E-state index in [1.54, 1.807) is 0 Å². The molecule has 3 rings (SSSR count). The number of para-hydroxylation sites is 2. The number of unbranched alkanes of at least 4 members (excludes halogenated alkanes) is 1. The van der Waals surface area contributed by atoms with Crippen molar-refractivity contribution >= 4 is 7.12 Å². The molecule has 1 aliphatic heterocycles. The zero-order valence-corrected chi connectivity index (χ0v) is 9.69. The van der Waals surface area contributed by atoms with E-state index in [1.165, 1.54) is 25.7 Å². The molecule has 84 valence electrons. The highest BCUT2D eigenvalue weighted by Gasteiger charge is 2.53. The molecule has 0 spiro atoms. The van der Waals surface area contributed by atoms with Crippen LogP contribution in [0.25, 0.3) is 0 Å². The first kappa shape index (κ1) is 10.1. The maximum atomic E-state index is 5.82. The van der Waals surface area contributed by atoms with Crippen LogP contribution in [-0.2, 0) is 0 Å². The number of hydrogen-bond acceptors (Lipinski definition) is 2. The Morgan fingerprint density at radius 2 is 1.94 bits per heavy atom. The molecule has 3 heteroatoms. The van der Waals surface area contributed by atoms with Gasteiger partial charge in [0.2, 0.25) is 0 Å². The van der Waals surface area contributed by atoms with Crippen molar-refractivity contribution in [2.45, 2.75) is 38.4 Å². The summed E-state index contributed by atoms with van der Waals surface area (Å²) in [6.45, 7) is 2.25. The molecule has 1 saturated carbocycles. The number of hydrogen-bond donors (Lipinski definition) is 0. The minimum absolute atomic E-state index is 0.0146. The van der Waals surface area contributed by atoms with Crippen molar-refractivity contribution in [1.82, 2.24) is 0 Å². The lowest BCUT2D eigenvalue weighted by Gasteiger charge is -2.03. The van der Waals surface area contributed by atoms with E-state index < -0.39 is 0 Å². The molecular formula is C13H17BO2. The first-order valence-electron chi connectivity index (χ1n) is 6.31. The molecule has 2 unspecified atom stereocenters. The molecule has 1 aliphatic carbocycles. The van der Waals surface area contributed by atoms with E-state index >= 15 is 0 Å². The van der Waals surface area contributed by atoms with Gasteiger partial charge >= 0.3 is 7.12 Å². The average molecular weight is 216 g/mol. The molecule has 16 heavy (non-hydrogen) atoms. The summed E-state index contributed by atoms with van der Waals surface area (Å²) in [4.78, 5) is 0. The van der Waals surface area contributed by atoms with Gasteiger partial charge < -0.3 is 9.31 Å². The van der Waals surface area contributed by atoms with Crippen LogP contribution < -0.4 is 9.31 Å². The van der Waals surface area contributed by atoms with Crippen LogP contribution in [0.15, 0.2) is 24.3 Å². The lowest BCUT2D eigenvalue weighted by atomic mass is 9.80. The molecular weight excluding hydrogens is 199 g/mol. The Labute approximate surface area is 97.1 Å². The van der Waals surface area contributed by atoms with Crippen molar-refractivity contribution in [3.63, 3.8) is 0 Å². The Hall–Kier alpha value is -1.12. The predicted molar refractivity (Wildman–Crippen MR) is 64.8 cm³/mol. The maximum Gasteiger partial charge on any atom is 0.598 e. The highest BCUT2D eigenvalue weighted by Crippen LogP contribution is 2.52. The summed E-state index contributed by atoms with van der Waals surface area (Å²) in [5.74, 6) is 3.28. The molecule has 0 amide bonds. The second-order valence-electron chi connectivity index (χ2n) is 4.85. The topological polar surface area (TPSA) is 18.5 Å². The second kappa shape index (κ2) is 4.04. The lowest BCUT2D eigenvalue weighted by molar-refractivity contribution is 0.486. The van der Waals surface area contributed by atoms with E-state index in [9.17, 15) is 0 Å². The van der Waals surface area contributed by atoms with Gasteiger partial charge in [-0.1, -0.05) is 38.3 Å². The fraction of sp³-hybridized carbons (Fsp3) is 0.538. The summed E-state index contributed by atoms with van der Waals surface area (Å²) in [5.41, 5.74) is 0. The Morgan fingerprint density at radius 3 is 2.56 bits per heavy atom. The van der Waals surface area contributed by atoms with Gasteiger partial charge in [-0.2, -0.15) is 0 Å². The first-order valence-corrected chi connectivity index (χ1v) is 6.31. The molecule has 2 nitrogen and oxygen atoms in total. The molecule has 0 aromatic heterocycles. The molecule has 1 aromatic rings. The third kappa shape index (κ3) is 1.79. The highest BCUT2D eigenvalue weighted by molar-refractivity contribution is 6.50. The fourth-order valence-corrected chi connectivity index (χ4v) is 2.50. The Kier molecular flexibility index (Phi) is 2.54. The summed E-state index contributed by atoms with van der Waals surface area (Å²) in [5, 5.41) is 0. The summed E-state index contributed by atoms with van der Waals surface area (Å²) in [6, 6.07) is 7.95. The van der Waals surface area contributed by atoms with Crippen LogP contribution >= 0.6 is 0 Å². The van der Waals surface area contributed by atoms with Crippen LogP contribution in [0.4, 0.5) is 0 Å². The fourth-order valence-electron chi connectivity index (χ4n) is 2.50. The van der Waals surface area contributed by atoms with E-state index in [1.807, 2.05) is 24.3 Å². The van der Waals surface area contributed by atoms with Gasteiger partial charge in [0.05, 0.1) is 0 Å². The van der Waals surface area contributed by atoms with Crippen molar-refractivity contribution < 1.29 is 9.31 Å². The quantitative estimate of drug-likeness (QED) is 0.716. The van der Waals surface area contributed by atoms with Crippen LogP contribution in [0.5, 0.6) is 11.5 Å². The van der Waals surface area contributed by atoms with E-state index in [2.05, 4.69) is 6.92 Å². The average Bonchev–Trinajstić information content (AvgIpc) is 2.96. The van der Waals surface area contributed by atoms with E-state index in [4.69, 9.17) is 9.31 Å². The monoisotopic (exact) mass is 216 g/mol. The van der Waals surface area contributed by atoms with Gasteiger partial charge in [-0.05, 0) is 24.5 Å². The Balaban J connectivity index is 1.57. The number of rotatable bonds is 4. The molecule has 1 fully saturated rings. The molecule has 0 bridgehead atoms. The molecule has 2 aliphatic rings. The van der Waals surface area contributed by atoms with E-state index in [-0.39, 0.29) is 7.12 Å². The maximum absolute atomic E-state index is 5.82. The van der Waals surface area contributed by atoms with E-state index in [0.717, 1.165) is 17.4 Å². The Morgan fingerprint density at radius 1 is 1.25 bits per heavy atom. The molecule has 0 N–H and O–H groups in total. The highest BCUT2D eigenvalue weighted by atomic mass is 16.6. The third-order valence-electron chi connectivity index (χ3n) is 3.59. The molecule has 0 saturated heterocycles. The lowest BCUT2D eigenvalue weighted by Crippen LogP contribution is -2.25. The first-order chi connectivity index (χ1) is 7.88. The standard InChI is InChI=1S/C13H17BO2/c1-2-3-6-10-9-11(10)14-15-12-7-4-5-8-13(12)16-14/h4-5,7-8,10-11H,2-3,6,9H2,1H3. The van der Waals surface area contributed by atoms with Crippen LogP contribution in [0.2, 0.25) is 5.82 Å². The molecule has 1 heterocycles. The normalized spacial score (nSPS) is 25.9. The molecule has 2 atom stereocenters. The van der Waals surface area contributed by atoms with Crippen molar-refractivity contribution in [2.24, 2.45) is 5.92 Å². The van der Waals surface area contributed by atoms with Crippen LogP contribution in [0.3, 0.4) is 0 Å². The number of fused-ring (bicyclic) bond motifs is 1. The van der Waals surface area contributed by atoms with Gasteiger partial charge in [-0.25, -0.2) is 0 Å². The summed E-state index contributed by atoms with van der Waals surface area (Å²) in [6.07, 6.45) is 5.23. The largest absolute Gasteiger partial charge is 0.598 e. The summed E-state index contributed by atoms with van der Waals surface area (Å²) >= 11 is 0. The molecule has 1 aromatic carbocycles. The third-order valence-corrected chi connectivity index (χ3v) is 3.59. The van der Waals surface area contributed by atoms with Gasteiger partial charge in [0.15, 0.2) is 0 Å². The van der Waals surface area contributed by atoms with Gasteiger partial charge in [-0.3, -0.25) is 0 Å². The summed E-state index contributed by atoms with van der Waals surface area (Å²) in [7, 11) is -0.0146. The molecule has 0 radical (unpaired) electrons. The SMILES string of the molecule is CCCCC1CC1B1Oc2ccccc2O1. The van der Waals surface area contributed by atoms with Crippen molar-refractivity contribution in [1.29, 1.82) is 0 Å². The summed E-state index contributed by atoms with van der Waals surface area (Å²) < 4.78 is 11.6. The van der Waals surface area contributed by atoms with Crippen LogP contribution in [0, 0.1) is 5.92 Å². The van der Waals surface area contributed by atoms with Crippen molar-refractivity contribution in [3.8, 4) is 11.5 Å². The predicted octanol–water partition coefficient (Wildman–Crippen LogP) is 3.53. The van der Waals surface area contributed by atoms with Gasteiger partial charge in [-0.15, -0.1) is 0 Å². The minimum atomic E-state index is -0.0146. The smallest absolute Gasteiger partial charge is 0.523 e.